The van der Waals surface area contributed by atoms with E-state index >= 15 is 0 Å². The highest BCUT2D eigenvalue weighted by Gasteiger charge is 2.42. The van der Waals surface area contributed by atoms with Gasteiger partial charge in [0, 0.05) is 25.8 Å². The lowest BCUT2D eigenvalue weighted by Crippen LogP contribution is -2.51. The second kappa shape index (κ2) is 6.60. The molecule has 1 unspecified atom stereocenters. The Labute approximate surface area is 93.7 Å². The molecule has 0 aromatic carbocycles. The Balaban J connectivity index is 2.62. The van der Waals surface area contributed by atoms with Gasteiger partial charge in [0.15, 0.2) is 0 Å². The average molecular weight is 233 g/mol. The maximum absolute atomic E-state index is 5.99. The molecule has 1 rings (SSSR count). The summed E-state index contributed by atoms with van der Waals surface area (Å²) in [6.45, 7) is 9.33. The van der Waals surface area contributed by atoms with E-state index in [9.17, 15) is 0 Å². The molecule has 1 N–H and O–H groups in total. The van der Waals surface area contributed by atoms with Gasteiger partial charge in [-0.15, -0.1) is 0 Å². The standard InChI is InChI=1S/C10H23NO3Si/c1-4-12-15(13-5-2)8-6-7-11-9-10(3)14-15/h10-11H,4-9H2,1-3H3. The zero-order valence-corrected chi connectivity index (χ0v) is 11.0. The quantitative estimate of drug-likeness (QED) is 0.745. The van der Waals surface area contributed by atoms with Crippen molar-refractivity contribution in [2.24, 2.45) is 0 Å². The Morgan fingerprint density at radius 3 is 2.60 bits per heavy atom. The third-order valence-electron chi connectivity index (χ3n) is 2.38. The molecule has 1 atom stereocenters. The molecule has 0 aromatic heterocycles. The summed E-state index contributed by atoms with van der Waals surface area (Å²) in [5.74, 6) is 0. The maximum atomic E-state index is 5.99. The van der Waals surface area contributed by atoms with E-state index in [1.807, 2.05) is 13.8 Å². The summed E-state index contributed by atoms with van der Waals surface area (Å²) in [5.41, 5.74) is 0. The van der Waals surface area contributed by atoms with Gasteiger partial charge in [-0.3, -0.25) is 0 Å². The molecule has 1 aliphatic heterocycles. The summed E-state index contributed by atoms with van der Waals surface area (Å²) in [6, 6.07) is 0.923. The summed E-state index contributed by atoms with van der Waals surface area (Å²) in [5, 5.41) is 3.35. The van der Waals surface area contributed by atoms with Crippen molar-refractivity contribution in [2.75, 3.05) is 26.3 Å². The van der Waals surface area contributed by atoms with E-state index in [-0.39, 0.29) is 6.10 Å². The van der Waals surface area contributed by atoms with Gasteiger partial charge in [0.25, 0.3) is 0 Å². The van der Waals surface area contributed by atoms with Crippen molar-refractivity contribution in [3.8, 4) is 0 Å². The highest BCUT2D eigenvalue weighted by atomic mass is 28.4. The maximum Gasteiger partial charge on any atom is 0.501 e. The summed E-state index contributed by atoms with van der Waals surface area (Å²) in [7, 11) is -2.37. The van der Waals surface area contributed by atoms with Crippen molar-refractivity contribution >= 4 is 8.80 Å². The first kappa shape index (κ1) is 13.1. The number of rotatable bonds is 4. The van der Waals surface area contributed by atoms with Gasteiger partial charge in [0.1, 0.15) is 0 Å². The number of hydrogen-bond donors (Lipinski definition) is 1. The van der Waals surface area contributed by atoms with Gasteiger partial charge in [-0.05, 0) is 33.7 Å². The van der Waals surface area contributed by atoms with Crippen LogP contribution in [0.15, 0.2) is 0 Å². The normalized spacial score (nSPS) is 27.0. The van der Waals surface area contributed by atoms with Gasteiger partial charge in [-0.1, -0.05) is 0 Å². The highest BCUT2D eigenvalue weighted by Crippen LogP contribution is 2.20. The van der Waals surface area contributed by atoms with Crippen molar-refractivity contribution < 1.29 is 13.3 Å². The molecule has 1 saturated heterocycles. The Morgan fingerprint density at radius 1 is 1.33 bits per heavy atom. The van der Waals surface area contributed by atoms with Crippen LogP contribution in [0.4, 0.5) is 0 Å². The molecule has 0 radical (unpaired) electrons. The van der Waals surface area contributed by atoms with Gasteiger partial charge < -0.3 is 18.6 Å². The largest absolute Gasteiger partial charge is 0.501 e. The third-order valence-corrected chi connectivity index (χ3v) is 5.56. The van der Waals surface area contributed by atoms with E-state index in [0.717, 1.165) is 25.6 Å². The molecule has 90 valence electrons. The van der Waals surface area contributed by atoms with Gasteiger partial charge in [0.05, 0.1) is 6.10 Å². The Kier molecular flexibility index (Phi) is 5.77. The van der Waals surface area contributed by atoms with Crippen LogP contribution in [0.25, 0.3) is 0 Å². The summed E-state index contributed by atoms with van der Waals surface area (Å²) in [4.78, 5) is 0. The van der Waals surface area contributed by atoms with Gasteiger partial charge in [-0.25, -0.2) is 0 Å². The molecule has 1 aliphatic rings. The lowest BCUT2D eigenvalue weighted by atomic mass is 10.4. The molecule has 15 heavy (non-hydrogen) atoms. The zero-order valence-electron chi connectivity index (χ0n) is 10.0. The molecule has 0 aromatic rings. The fraction of sp³-hybridized carbons (Fsp3) is 1.00. The minimum absolute atomic E-state index is 0.176. The second-order valence-corrected chi connectivity index (χ2v) is 6.46. The summed E-state index contributed by atoms with van der Waals surface area (Å²) < 4.78 is 17.6. The lowest BCUT2D eigenvalue weighted by Gasteiger charge is -2.33. The predicted molar refractivity (Wildman–Crippen MR) is 61.8 cm³/mol. The molecule has 0 amide bonds. The number of hydrogen-bond acceptors (Lipinski definition) is 4. The molecule has 4 nitrogen and oxygen atoms in total. The topological polar surface area (TPSA) is 39.7 Å². The molecule has 0 spiro atoms. The van der Waals surface area contributed by atoms with Crippen LogP contribution in [-0.2, 0) is 13.3 Å². The summed E-state index contributed by atoms with van der Waals surface area (Å²) >= 11 is 0. The Hall–Kier alpha value is 0.0569. The molecular weight excluding hydrogens is 210 g/mol. The number of nitrogens with one attached hydrogen (secondary N) is 1. The fourth-order valence-electron chi connectivity index (χ4n) is 1.84. The lowest BCUT2D eigenvalue weighted by molar-refractivity contribution is 0.0345. The van der Waals surface area contributed by atoms with Crippen molar-refractivity contribution in [1.29, 1.82) is 0 Å². The van der Waals surface area contributed by atoms with Crippen molar-refractivity contribution in [2.45, 2.75) is 39.3 Å². The monoisotopic (exact) mass is 233 g/mol. The summed E-state index contributed by atoms with van der Waals surface area (Å²) in [6.07, 6.45) is 1.24. The predicted octanol–water partition coefficient (Wildman–Crippen LogP) is 1.40. The van der Waals surface area contributed by atoms with Crippen LogP contribution in [0.3, 0.4) is 0 Å². The van der Waals surface area contributed by atoms with Crippen molar-refractivity contribution in [1.82, 2.24) is 5.32 Å². The van der Waals surface area contributed by atoms with Crippen LogP contribution in [0.2, 0.25) is 6.04 Å². The zero-order chi connectivity index (χ0) is 11.1. The minimum atomic E-state index is -2.37. The first-order valence-corrected chi connectivity index (χ1v) is 7.82. The van der Waals surface area contributed by atoms with E-state index in [2.05, 4.69) is 12.2 Å². The molecule has 0 saturated carbocycles. The van der Waals surface area contributed by atoms with E-state index in [0.29, 0.717) is 13.2 Å². The molecule has 0 bridgehead atoms. The van der Waals surface area contributed by atoms with Crippen LogP contribution < -0.4 is 5.32 Å². The van der Waals surface area contributed by atoms with Crippen LogP contribution in [0.1, 0.15) is 27.2 Å². The Bertz CT molecular complexity index is 174. The Morgan fingerprint density at radius 2 is 2.00 bits per heavy atom. The second-order valence-electron chi connectivity index (χ2n) is 3.79. The molecule has 1 fully saturated rings. The van der Waals surface area contributed by atoms with Crippen molar-refractivity contribution in [3.05, 3.63) is 0 Å². The van der Waals surface area contributed by atoms with Crippen molar-refractivity contribution in [3.63, 3.8) is 0 Å². The van der Waals surface area contributed by atoms with E-state index < -0.39 is 8.80 Å². The first-order valence-electron chi connectivity index (χ1n) is 5.89. The smallest absolute Gasteiger partial charge is 0.374 e. The van der Waals surface area contributed by atoms with Crippen LogP contribution in [0.5, 0.6) is 0 Å². The van der Waals surface area contributed by atoms with E-state index in [1.54, 1.807) is 0 Å². The van der Waals surface area contributed by atoms with E-state index in [1.165, 1.54) is 0 Å². The average Bonchev–Trinajstić information content (AvgIpc) is 2.15. The molecular formula is C10H23NO3Si. The SMILES string of the molecule is CCO[Si]1(OCC)CCCNCC(C)O1. The molecule has 0 aliphatic carbocycles. The minimum Gasteiger partial charge on any atom is -0.374 e. The van der Waals surface area contributed by atoms with Gasteiger partial charge in [0.2, 0.25) is 0 Å². The molecule has 1 heterocycles. The van der Waals surface area contributed by atoms with Crippen LogP contribution >= 0.6 is 0 Å². The third kappa shape index (κ3) is 4.20. The van der Waals surface area contributed by atoms with E-state index in [4.69, 9.17) is 13.3 Å². The van der Waals surface area contributed by atoms with Gasteiger partial charge >= 0.3 is 8.80 Å². The van der Waals surface area contributed by atoms with Crippen LogP contribution in [0, 0.1) is 0 Å². The highest BCUT2D eigenvalue weighted by molar-refractivity contribution is 6.60. The van der Waals surface area contributed by atoms with Gasteiger partial charge in [-0.2, -0.15) is 0 Å². The van der Waals surface area contributed by atoms with Crippen LogP contribution in [-0.4, -0.2) is 41.2 Å². The molecule has 5 heteroatoms. The first-order chi connectivity index (χ1) is 7.22. The fourth-order valence-corrected chi connectivity index (χ4v) is 4.65.